The van der Waals surface area contributed by atoms with Crippen LogP contribution in [0.5, 0.6) is 0 Å². The lowest BCUT2D eigenvalue weighted by molar-refractivity contribution is 0.500. The molecule has 1 aromatic heterocycles. The van der Waals surface area contributed by atoms with Crippen molar-refractivity contribution in [2.24, 2.45) is 11.7 Å². The van der Waals surface area contributed by atoms with E-state index in [4.69, 9.17) is 5.73 Å². The molecule has 4 nitrogen and oxygen atoms in total. The summed E-state index contributed by atoms with van der Waals surface area (Å²) in [6.07, 6.45) is 3.01. The summed E-state index contributed by atoms with van der Waals surface area (Å²) < 4.78 is 0. The molecule has 1 atom stereocenters. The van der Waals surface area contributed by atoms with Crippen LogP contribution in [0.4, 0.5) is 5.82 Å². The summed E-state index contributed by atoms with van der Waals surface area (Å²) in [6, 6.07) is 0.437. The van der Waals surface area contributed by atoms with E-state index in [9.17, 15) is 0 Å². The zero-order valence-electron chi connectivity index (χ0n) is 13.9. The first-order valence-corrected chi connectivity index (χ1v) is 7.76. The van der Waals surface area contributed by atoms with Crippen LogP contribution >= 0.6 is 0 Å². The van der Waals surface area contributed by atoms with Gasteiger partial charge in [-0.05, 0) is 37.7 Å². The molecule has 1 heterocycles. The minimum atomic E-state index is 0.437. The first kappa shape index (κ1) is 16.9. The Bertz CT molecular complexity index is 429. The molecule has 0 saturated carbocycles. The van der Waals surface area contributed by atoms with Gasteiger partial charge in [0.05, 0.1) is 5.69 Å². The van der Waals surface area contributed by atoms with Gasteiger partial charge < -0.3 is 10.6 Å². The van der Waals surface area contributed by atoms with Crippen molar-refractivity contribution >= 4 is 5.82 Å². The van der Waals surface area contributed by atoms with E-state index in [0.717, 1.165) is 36.3 Å². The maximum atomic E-state index is 6.00. The molecule has 0 radical (unpaired) electrons. The van der Waals surface area contributed by atoms with Gasteiger partial charge in [0, 0.05) is 25.2 Å². The van der Waals surface area contributed by atoms with Crippen LogP contribution in [0.3, 0.4) is 0 Å². The average molecular weight is 278 g/mol. The van der Waals surface area contributed by atoms with Gasteiger partial charge in [-0.15, -0.1) is 5.10 Å². The lowest BCUT2D eigenvalue weighted by Crippen LogP contribution is -2.33. The first-order valence-electron chi connectivity index (χ1n) is 7.76. The van der Waals surface area contributed by atoms with Crippen molar-refractivity contribution in [2.45, 2.75) is 66.5 Å². The Morgan fingerprint density at radius 3 is 2.15 bits per heavy atom. The van der Waals surface area contributed by atoms with Gasteiger partial charge in [-0.2, -0.15) is 5.10 Å². The summed E-state index contributed by atoms with van der Waals surface area (Å²) in [4.78, 5) is 2.23. The second-order valence-corrected chi connectivity index (χ2v) is 5.93. The molecule has 20 heavy (non-hydrogen) atoms. The zero-order chi connectivity index (χ0) is 15.3. The quantitative estimate of drug-likeness (QED) is 0.833. The molecule has 0 spiro atoms. The average Bonchev–Trinajstić information content (AvgIpc) is 2.43. The summed E-state index contributed by atoms with van der Waals surface area (Å²) in [5, 5.41) is 8.87. The number of hydrogen-bond donors (Lipinski definition) is 1. The Balaban J connectivity index is 3.17. The third-order valence-corrected chi connectivity index (χ3v) is 3.95. The van der Waals surface area contributed by atoms with Gasteiger partial charge in [-0.1, -0.05) is 27.7 Å². The molecular weight excluding hydrogens is 248 g/mol. The van der Waals surface area contributed by atoms with Crippen LogP contribution in [0.1, 0.15) is 57.9 Å². The standard InChI is InChI=1S/C16H30N4/c1-7-13-14(10-17)16(19-18-15(13)8-2)20(6)12(5)9-11(3)4/h11-12H,7-10,17H2,1-6H3. The fourth-order valence-corrected chi connectivity index (χ4v) is 2.79. The van der Waals surface area contributed by atoms with Crippen molar-refractivity contribution in [1.82, 2.24) is 10.2 Å². The molecule has 0 saturated heterocycles. The second kappa shape index (κ2) is 7.58. The van der Waals surface area contributed by atoms with Crippen LogP contribution < -0.4 is 10.6 Å². The van der Waals surface area contributed by atoms with Gasteiger partial charge in [-0.25, -0.2) is 0 Å². The molecular formula is C16H30N4. The minimum Gasteiger partial charge on any atom is -0.355 e. The second-order valence-electron chi connectivity index (χ2n) is 5.93. The molecule has 1 unspecified atom stereocenters. The molecule has 0 aliphatic carbocycles. The maximum Gasteiger partial charge on any atom is 0.156 e. The maximum absolute atomic E-state index is 6.00. The van der Waals surface area contributed by atoms with E-state index in [1.54, 1.807) is 0 Å². The van der Waals surface area contributed by atoms with Crippen molar-refractivity contribution in [3.05, 3.63) is 16.8 Å². The summed E-state index contributed by atoms with van der Waals surface area (Å²) in [5.41, 5.74) is 9.53. The summed E-state index contributed by atoms with van der Waals surface area (Å²) in [6.45, 7) is 11.5. The van der Waals surface area contributed by atoms with Gasteiger partial charge in [-0.3, -0.25) is 0 Å². The van der Waals surface area contributed by atoms with Gasteiger partial charge in [0.25, 0.3) is 0 Å². The summed E-state index contributed by atoms with van der Waals surface area (Å²) >= 11 is 0. The van der Waals surface area contributed by atoms with Crippen LogP contribution in [-0.4, -0.2) is 23.3 Å². The predicted octanol–water partition coefficient (Wildman–Crippen LogP) is 2.93. The summed E-state index contributed by atoms with van der Waals surface area (Å²) in [7, 11) is 2.10. The van der Waals surface area contributed by atoms with Crippen LogP contribution in [0.2, 0.25) is 0 Å². The highest BCUT2D eigenvalue weighted by Crippen LogP contribution is 2.25. The van der Waals surface area contributed by atoms with Crippen LogP contribution in [-0.2, 0) is 19.4 Å². The predicted molar refractivity (Wildman–Crippen MR) is 86.0 cm³/mol. The Morgan fingerprint density at radius 2 is 1.70 bits per heavy atom. The third-order valence-electron chi connectivity index (χ3n) is 3.95. The van der Waals surface area contributed by atoms with Crippen LogP contribution in [0.25, 0.3) is 0 Å². The number of hydrogen-bond acceptors (Lipinski definition) is 4. The fraction of sp³-hybridized carbons (Fsp3) is 0.750. The van der Waals surface area contributed by atoms with Gasteiger partial charge >= 0.3 is 0 Å². The Hall–Kier alpha value is -1.16. The SMILES string of the molecule is CCc1nnc(N(C)C(C)CC(C)C)c(CN)c1CC. The van der Waals surface area contributed by atoms with Gasteiger partial charge in [0.15, 0.2) is 5.82 Å². The van der Waals surface area contributed by atoms with Gasteiger partial charge in [0.1, 0.15) is 0 Å². The minimum absolute atomic E-state index is 0.437. The van der Waals surface area contributed by atoms with Crippen molar-refractivity contribution in [3.8, 4) is 0 Å². The monoisotopic (exact) mass is 278 g/mol. The number of aryl methyl sites for hydroxylation is 1. The molecule has 0 amide bonds. The third kappa shape index (κ3) is 3.69. The van der Waals surface area contributed by atoms with E-state index in [2.05, 4.69) is 56.8 Å². The molecule has 0 aliphatic rings. The Labute approximate surface area is 123 Å². The molecule has 0 aromatic carbocycles. The number of nitrogens with zero attached hydrogens (tertiary/aromatic N) is 3. The first-order chi connectivity index (χ1) is 9.46. The van der Waals surface area contributed by atoms with Gasteiger partial charge in [0.2, 0.25) is 0 Å². The topological polar surface area (TPSA) is 55.0 Å². The Kier molecular flexibility index (Phi) is 6.40. The summed E-state index contributed by atoms with van der Waals surface area (Å²) in [5.74, 6) is 1.62. The van der Waals surface area contributed by atoms with Crippen molar-refractivity contribution in [3.63, 3.8) is 0 Å². The zero-order valence-corrected chi connectivity index (χ0v) is 13.9. The molecule has 1 aromatic rings. The molecule has 0 bridgehead atoms. The lowest BCUT2D eigenvalue weighted by atomic mass is 10.0. The number of rotatable bonds is 7. The Morgan fingerprint density at radius 1 is 1.05 bits per heavy atom. The number of nitrogens with two attached hydrogens (primary N) is 1. The van der Waals surface area contributed by atoms with Crippen LogP contribution in [0, 0.1) is 5.92 Å². The number of anilines is 1. The van der Waals surface area contributed by atoms with Crippen molar-refractivity contribution in [2.75, 3.05) is 11.9 Å². The number of aromatic nitrogens is 2. The van der Waals surface area contributed by atoms with E-state index < -0.39 is 0 Å². The molecule has 0 fully saturated rings. The van der Waals surface area contributed by atoms with E-state index >= 15 is 0 Å². The normalized spacial score (nSPS) is 12.8. The smallest absolute Gasteiger partial charge is 0.156 e. The van der Waals surface area contributed by atoms with E-state index in [1.807, 2.05) is 0 Å². The van der Waals surface area contributed by atoms with E-state index in [0.29, 0.717) is 18.5 Å². The molecule has 0 aliphatic heterocycles. The largest absolute Gasteiger partial charge is 0.355 e. The van der Waals surface area contributed by atoms with E-state index in [1.165, 1.54) is 5.56 Å². The van der Waals surface area contributed by atoms with Crippen molar-refractivity contribution in [1.29, 1.82) is 0 Å². The molecule has 2 N–H and O–H groups in total. The van der Waals surface area contributed by atoms with E-state index in [-0.39, 0.29) is 0 Å². The highest BCUT2D eigenvalue weighted by Gasteiger charge is 2.20. The fourth-order valence-electron chi connectivity index (χ4n) is 2.79. The molecule has 1 rings (SSSR count). The van der Waals surface area contributed by atoms with Crippen molar-refractivity contribution < 1.29 is 0 Å². The lowest BCUT2D eigenvalue weighted by Gasteiger charge is -2.29. The highest BCUT2D eigenvalue weighted by molar-refractivity contribution is 5.51. The molecule has 4 heteroatoms. The van der Waals surface area contributed by atoms with Crippen LogP contribution in [0.15, 0.2) is 0 Å². The highest BCUT2D eigenvalue weighted by atomic mass is 15.3. The molecule has 114 valence electrons.